The van der Waals surface area contributed by atoms with E-state index in [4.69, 9.17) is 0 Å². The standard InChI is InChI=1S/C18H20N2O/c1-13(21)19-10-11-20-18-16-8-4-2-6-14(16)12-15-7-3-5-9-17(15)18/h2-9,18,20H,10-12H2,1H3,(H,19,21). The summed E-state index contributed by atoms with van der Waals surface area (Å²) in [5, 5.41) is 6.41. The minimum atomic E-state index is 0.0150. The van der Waals surface area contributed by atoms with E-state index in [1.54, 1.807) is 6.92 Å². The minimum absolute atomic E-state index is 0.0150. The molecule has 1 aliphatic rings. The van der Waals surface area contributed by atoms with E-state index in [0.29, 0.717) is 6.54 Å². The summed E-state index contributed by atoms with van der Waals surface area (Å²) >= 11 is 0. The first-order chi connectivity index (χ1) is 10.3. The van der Waals surface area contributed by atoms with E-state index in [9.17, 15) is 4.79 Å². The van der Waals surface area contributed by atoms with Gasteiger partial charge in [0.2, 0.25) is 5.91 Å². The number of benzene rings is 2. The van der Waals surface area contributed by atoms with Gasteiger partial charge in [0.25, 0.3) is 0 Å². The number of carbonyl (C=O) groups excluding carboxylic acids is 1. The second-order valence-electron chi connectivity index (χ2n) is 5.44. The molecule has 1 amide bonds. The summed E-state index contributed by atoms with van der Waals surface area (Å²) < 4.78 is 0. The van der Waals surface area contributed by atoms with Gasteiger partial charge in [0.1, 0.15) is 0 Å². The third-order valence-electron chi connectivity index (χ3n) is 3.96. The first-order valence-electron chi connectivity index (χ1n) is 7.39. The first-order valence-corrected chi connectivity index (χ1v) is 7.39. The monoisotopic (exact) mass is 280 g/mol. The van der Waals surface area contributed by atoms with E-state index in [1.807, 2.05) is 0 Å². The molecule has 3 heteroatoms. The van der Waals surface area contributed by atoms with Gasteiger partial charge in [-0.15, -0.1) is 0 Å². The van der Waals surface area contributed by atoms with Crippen molar-refractivity contribution in [3.63, 3.8) is 0 Å². The number of hydrogen-bond acceptors (Lipinski definition) is 2. The maximum Gasteiger partial charge on any atom is 0.216 e. The molecule has 0 aromatic heterocycles. The molecule has 0 atom stereocenters. The number of fused-ring (bicyclic) bond motifs is 2. The van der Waals surface area contributed by atoms with E-state index in [2.05, 4.69) is 59.2 Å². The molecular weight excluding hydrogens is 260 g/mol. The van der Waals surface area contributed by atoms with Crippen LogP contribution in [0.5, 0.6) is 0 Å². The molecule has 3 rings (SSSR count). The Kier molecular flexibility index (Phi) is 4.02. The van der Waals surface area contributed by atoms with Crippen LogP contribution in [0.4, 0.5) is 0 Å². The van der Waals surface area contributed by atoms with Gasteiger partial charge >= 0.3 is 0 Å². The van der Waals surface area contributed by atoms with Crippen molar-refractivity contribution >= 4 is 5.91 Å². The van der Waals surface area contributed by atoms with Gasteiger partial charge in [0, 0.05) is 20.0 Å². The summed E-state index contributed by atoms with van der Waals surface area (Å²) in [6, 6.07) is 17.4. The fourth-order valence-corrected chi connectivity index (χ4v) is 3.00. The maximum atomic E-state index is 11.0. The molecule has 0 radical (unpaired) electrons. The Bertz CT molecular complexity index is 606. The third-order valence-corrected chi connectivity index (χ3v) is 3.96. The average Bonchev–Trinajstić information content (AvgIpc) is 2.50. The summed E-state index contributed by atoms with van der Waals surface area (Å²) in [7, 11) is 0. The maximum absolute atomic E-state index is 11.0. The highest BCUT2D eigenvalue weighted by molar-refractivity contribution is 5.72. The molecule has 0 fully saturated rings. The lowest BCUT2D eigenvalue weighted by molar-refractivity contribution is -0.118. The molecule has 0 bridgehead atoms. The Morgan fingerprint density at radius 1 is 1.00 bits per heavy atom. The summed E-state index contributed by atoms with van der Waals surface area (Å²) in [6.07, 6.45) is 0.996. The van der Waals surface area contributed by atoms with Crippen molar-refractivity contribution in [3.8, 4) is 0 Å². The molecule has 0 spiro atoms. The molecular formula is C18H20N2O. The van der Waals surface area contributed by atoms with Crippen LogP contribution in [0.3, 0.4) is 0 Å². The summed E-state index contributed by atoms with van der Waals surface area (Å²) in [5.74, 6) is 0.0150. The zero-order chi connectivity index (χ0) is 14.7. The Hall–Kier alpha value is -2.13. The number of carbonyl (C=O) groups is 1. The molecule has 0 heterocycles. The molecule has 0 aliphatic heterocycles. The average molecular weight is 280 g/mol. The molecule has 2 N–H and O–H groups in total. The van der Waals surface area contributed by atoms with Crippen LogP contribution in [0.2, 0.25) is 0 Å². The lowest BCUT2D eigenvalue weighted by Gasteiger charge is -2.29. The van der Waals surface area contributed by atoms with Crippen molar-refractivity contribution in [2.75, 3.05) is 13.1 Å². The third kappa shape index (κ3) is 2.98. The van der Waals surface area contributed by atoms with Crippen molar-refractivity contribution in [2.45, 2.75) is 19.4 Å². The largest absolute Gasteiger partial charge is 0.355 e. The van der Waals surface area contributed by atoms with Crippen LogP contribution in [0.15, 0.2) is 48.5 Å². The van der Waals surface area contributed by atoms with Gasteiger partial charge < -0.3 is 10.6 Å². The predicted molar refractivity (Wildman–Crippen MR) is 84.2 cm³/mol. The highest BCUT2D eigenvalue weighted by Crippen LogP contribution is 2.34. The normalized spacial score (nSPS) is 13.4. The SMILES string of the molecule is CC(=O)NCCNC1c2ccccc2Cc2ccccc21. The molecule has 3 nitrogen and oxygen atoms in total. The van der Waals surface area contributed by atoms with Crippen LogP contribution in [0.1, 0.15) is 35.2 Å². The van der Waals surface area contributed by atoms with E-state index < -0.39 is 0 Å². The van der Waals surface area contributed by atoms with Crippen LogP contribution in [0.25, 0.3) is 0 Å². The molecule has 1 aliphatic carbocycles. The summed E-state index contributed by atoms with van der Waals surface area (Å²) in [4.78, 5) is 11.0. The first kappa shape index (κ1) is 13.8. The predicted octanol–water partition coefficient (Wildman–Crippen LogP) is 2.41. The number of amides is 1. The van der Waals surface area contributed by atoms with Crippen molar-refractivity contribution in [1.82, 2.24) is 10.6 Å². The van der Waals surface area contributed by atoms with E-state index >= 15 is 0 Å². The number of hydrogen-bond donors (Lipinski definition) is 2. The van der Waals surface area contributed by atoms with E-state index in [-0.39, 0.29) is 11.9 Å². The van der Waals surface area contributed by atoms with Crippen molar-refractivity contribution in [2.24, 2.45) is 0 Å². The van der Waals surface area contributed by atoms with Crippen LogP contribution in [0, 0.1) is 0 Å². The molecule has 2 aromatic rings. The van der Waals surface area contributed by atoms with Crippen molar-refractivity contribution < 1.29 is 4.79 Å². The fourth-order valence-electron chi connectivity index (χ4n) is 3.00. The highest BCUT2D eigenvalue weighted by Gasteiger charge is 2.24. The van der Waals surface area contributed by atoms with Gasteiger partial charge in [0.05, 0.1) is 6.04 Å². The quantitative estimate of drug-likeness (QED) is 0.844. The molecule has 0 unspecified atom stereocenters. The second-order valence-corrected chi connectivity index (χ2v) is 5.44. The molecule has 21 heavy (non-hydrogen) atoms. The lowest BCUT2D eigenvalue weighted by Crippen LogP contribution is -2.34. The molecule has 0 saturated heterocycles. The minimum Gasteiger partial charge on any atom is -0.355 e. The number of nitrogens with one attached hydrogen (secondary N) is 2. The molecule has 2 aromatic carbocycles. The summed E-state index contributed by atoms with van der Waals surface area (Å²) in [6.45, 7) is 2.95. The Morgan fingerprint density at radius 3 is 2.14 bits per heavy atom. The van der Waals surface area contributed by atoms with Gasteiger partial charge in [-0.05, 0) is 28.7 Å². The van der Waals surface area contributed by atoms with Gasteiger partial charge in [0.15, 0.2) is 0 Å². The highest BCUT2D eigenvalue weighted by atomic mass is 16.1. The topological polar surface area (TPSA) is 41.1 Å². The number of rotatable bonds is 4. The zero-order valence-electron chi connectivity index (χ0n) is 12.2. The van der Waals surface area contributed by atoms with Gasteiger partial charge in [-0.25, -0.2) is 0 Å². The smallest absolute Gasteiger partial charge is 0.216 e. The van der Waals surface area contributed by atoms with Crippen LogP contribution in [-0.2, 0) is 11.2 Å². The lowest BCUT2D eigenvalue weighted by atomic mass is 9.82. The van der Waals surface area contributed by atoms with Gasteiger partial charge in [-0.2, -0.15) is 0 Å². The van der Waals surface area contributed by atoms with Crippen LogP contribution >= 0.6 is 0 Å². The Balaban J connectivity index is 1.83. The second kappa shape index (κ2) is 6.10. The Morgan fingerprint density at radius 2 is 1.57 bits per heavy atom. The van der Waals surface area contributed by atoms with Crippen LogP contribution < -0.4 is 10.6 Å². The molecule has 108 valence electrons. The summed E-state index contributed by atoms with van der Waals surface area (Å²) in [5.41, 5.74) is 5.46. The van der Waals surface area contributed by atoms with Crippen LogP contribution in [-0.4, -0.2) is 19.0 Å². The van der Waals surface area contributed by atoms with Gasteiger partial charge in [-0.3, -0.25) is 4.79 Å². The fraction of sp³-hybridized carbons (Fsp3) is 0.278. The Labute approximate surface area is 125 Å². The van der Waals surface area contributed by atoms with Crippen molar-refractivity contribution in [1.29, 1.82) is 0 Å². The molecule has 0 saturated carbocycles. The van der Waals surface area contributed by atoms with Gasteiger partial charge in [-0.1, -0.05) is 48.5 Å². The van der Waals surface area contributed by atoms with E-state index in [0.717, 1.165) is 13.0 Å². The van der Waals surface area contributed by atoms with E-state index in [1.165, 1.54) is 22.3 Å². The zero-order valence-corrected chi connectivity index (χ0v) is 12.2. The van der Waals surface area contributed by atoms with Crippen molar-refractivity contribution in [3.05, 3.63) is 70.8 Å².